The molecule has 0 atom stereocenters. The Labute approximate surface area is 170 Å². The highest BCUT2D eigenvalue weighted by Crippen LogP contribution is 2.30. The number of rotatable bonds is 2. The quantitative estimate of drug-likeness (QED) is 0.760. The smallest absolute Gasteiger partial charge is 0.312 e. The zero-order chi connectivity index (χ0) is 20.5. The van der Waals surface area contributed by atoms with Gasteiger partial charge in [0.05, 0.1) is 0 Å². The lowest BCUT2D eigenvalue weighted by atomic mass is 9.95. The maximum absolute atomic E-state index is 13.0. The van der Waals surface area contributed by atoms with Crippen molar-refractivity contribution in [1.82, 2.24) is 20.1 Å². The number of aromatic amines is 1. The molecule has 1 aromatic heterocycles. The van der Waals surface area contributed by atoms with Crippen LogP contribution in [-0.2, 0) is 22.4 Å². The lowest BCUT2D eigenvalue weighted by Crippen LogP contribution is -2.54. The second-order valence-electron chi connectivity index (χ2n) is 8.26. The zero-order valence-electron chi connectivity index (χ0n) is 17.1. The summed E-state index contributed by atoms with van der Waals surface area (Å²) in [6, 6.07) is 5.80. The lowest BCUT2D eigenvalue weighted by molar-refractivity contribution is -0.147. The van der Waals surface area contributed by atoms with Gasteiger partial charge in [0.15, 0.2) is 0 Å². The molecular weight excluding hydrogens is 368 g/mol. The molecule has 2 heterocycles. The molecule has 2 aliphatic rings. The summed E-state index contributed by atoms with van der Waals surface area (Å²) < 4.78 is 0. The summed E-state index contributed by atoms with van der Waals surface area (Å²) in [5.74, 6) is -1.12. The fraction of sp³-hybridized carbons (Fsp3) is 0.500. The third-order valence-corrected chi connectivity index (χ3v) is 5.81. The largest absolute Gasteiger partial charge is 0.358 e. The fourth-order valence-electron chi connectivity index (χ4n) is 4.30. The molecule has 3 amide bonds. The van der Waals surface area contributed by atoms with E-state index in [0.717, 1.165) is 23.7 Å². The van der Waals surface area contributed by atoms with E-state index in [2.05, 4.69) is 10.3 Å². The molecule has 0 bridgehead atoms. The number of piperazine rings is 1. The topological polar surface area (TPSA) is 85.5 Å². The summed E-state index contributed by atoms with van der Waals surface area (Å²) >= 11 is 0. The van der Waals surface area contributed by atoms with Crippen molar-refractivity contribution in [2.24, 2.45) is 0 Å². The third kappa shape index (κ3) is 3.86. The van der Waals surface area contributed by atoms with Gasteiger partial charge in [0, 0.05) is 54.4 Å². The number of fused-ring (bicyclic) bond motifs is 3. The molecule has 1 aliphatic heterocycles. The summed E-state index contributed by atoms with van der Waals surface area (Å²) in [4.78, 5) is 44.0. The van der Waals surface area contributed by atoms with Crippen LogP contribution in [0.15, 0.2) is 18.2 Å². The minimum atomic E-state index is -0.581. The number of hydrogen-bond acceptors (Lipinski definition) is 3. The number of benzene rings is 1. The van der Waals surface area contributed by atoms with Gasteiger partial charge < -0.3 is 20.1 Å². The van der Waals surface area contributed by atoms with Crippen LogP contribution in [-0.4, -0.2) is 64.7 Å². The maximum atomic E-state index is 13.0. The minimum Gasteiger partial charge on any atom is -0.358 e. The van der Waals surface area contributed by atoms with E-state index in [1.165, 1.54) is 29.0 Å². The SMILES string of the molecule is CC(C)NC(=O)C(=O)N1CCN(C(=O)c2ccc3[nH]c4c(c3c2)CCCC4)CC1. The molecule has 4 rings (SSSR count). The first-order valence-corrected chi connectivity index (χ1v) is 10.5. The van der Waals surface area contributed by atoms with E-state index in [-0.39, 0.29) is 11.9 Å². The van der Waals surface area contributed by atoms with Crippen LogP contribution in [0, 0.1) is 0 Å². The highest BCUT2D eigenvalue weighted by atomic mass is 16.2. The summed E-state index contributed by atoms with van der Waals surface area (Å²) in [6.07, 6.45) is 4.54. The van der Waals surface area contributed by atoms with E-state index in [4.69, 9.17) is 0 Å². The summed E-state index contributed by atoms with van der Waals surface area (Å²) in [5.41, 5.74) is 4.44. The summed E-state index contributed by atoms with van der Waals surface area (Å²) in [7, 11) is 0. The van der Waals surface area contributed by atoms with Gasteiger partial charge in [0.2, 0.25) is 0 Å². The molecule has 1 aromatic carbocycles. The highest BCUT2D eigenvalue weighted by Gasteiger charge is 2.28. The molecule has 0 spiro atoms. The van der Waals surface area contributed by atoms with Gasteiger partial charge in [-0.15, -0.1) is 0 Å². The van der Waals surface area contributed by atoms with Gasteiger partial charge in [-0.3, -0.25) is 14.4 Å². The third-order valence-electron chi connectivity index (χ3n) is 5.81. The average Bonchev–Trinajstić information content (AvgIpc) is 3.10. The second kappa shape index (κ2) is 7.89. The van der Waals surface area contributed by atoms with Crippen LogP contribution in [0.3, 0.4) is 0 Å². The minimum absolute atomic E-state index is 0.0172. The zero-order valence-corrected chi connectivity index (χ0v) is 17.1. The molecule has 1 saturated heterocycles. The predicted molar refractivity (Wildman–Crippen MR) is 111 cm³/mol. The highest BCUT2D eigenvalue weighted by molar-refractivity contribution is 6.35. The standard InChI is InChI=1S/C22H28N4O3/c1-14(2)23-20(27)22(29)26-11-9-25(10-12-26)21(28)15-7-8-19-17(13-15)16-5-3-4-6-18(16)24-19/h7-8,13-14,24H,3-6,9-12H2,1-2H3,(H,23,27). The van der Waals surface area contributed by atoms with Gasteiger partial charge >= 0.3 is 11.8 Å². The van der Waals surface area contributed by atoms with Gasteiger partial charge in [0.1, 0.15) is 0 Å². The number of aryl methyl sites for hydroxylation is 2. The van der Waals surface area contributed by atoms with Gasteiger partial charge in [-0.25, -0.2) is 0 Å². The van der Waals surface area contributed by atoms with E-state index in [9.17, 15) is 14.4 Å². The normalized spacial score (nSPS) is 16.8. The van der Waals surface area contributed by atoms with Crippen LogP contribution in [0.1, 0.15) is 48.3 Å². The Balaban J connectivity index is 1.43. The Morgan fingerprint density at radius 2 is 1.69 bits per heavy atom. The van der Waals surface area contributed by atoms with Crippen molar-refractivity contribution in [3.05, 3.63) is 35.0 Å². The van der Waals surface area contributed by atoms with Crippen molar-refractivity contribution in [1.29, 1.82) is 0 Å². The summed E-state index contributed by atoms with van der Waals surface area (Å²) in [5, 5.41) is 3.78. The molecule has 0 unspecified atom stereocenters. The molecule has 29 heavy (non-hydrogen) atoms. The van der Waals surface area contributed by atoms with Gasteiger partial charge in [-0.2, -0.15) is 0 Å². The molecule has 2 aromatic rings. The Morgan fingerprint density at radius 1 is 1.00 bits per heavy atom. The number of H-pyrrole nitrogens is 1. The molecular formula is C22H28N4O3. The van der Waals surface area contributed by atoms with E-state index in [1.54, 1.807) is 4.90 Å². The first-order chi connectivity index (χ1) is 13.9. The molecule has 2 N–H and O–H groups in total. The van der Waals surface area contributed by atoms with Crippen molar-refractivity contribution < 1.29 is 14.4 Å². The second-order valence-corrected chi connectivity index (χ2v) is 8.26. The van der Waals surface area contributed by atoms with E-state index < -0.39 is 11.8 Å². The Hall–Kier alpha value is -2.83. The molecule has 7 nitrogen and oxygen atoms in total. The Morgan fingerprint density at radius 3 is 2.41 bits per heavy atom. The van der Waals surface area contributed by atoms with Gasteiger partial charge in [0.25, 0.3) is 5.91 Å². The molecule has 1 aliphatic carbocycles. The number of amides is 3. The number of carbonyl (C=O) groups is 3. The Bertz CT molecular complexity index is 954. The van der Waals surface area contributed by atoms with E-state index >= 15 is 0 Å². The first kappa shape index (κ1) is 19.5. The molecule has 154 valence electrons. The number of nitrogens with zero attached hydrogens (tertiary/aromatic N) is 2. The van der Waals surface area contributed by atoms with Crippen LogP contribution in [0.4, 0.5) is 0 Å². The Kier molecular flexibility index (Phi) is 5.30. The number of hydrogen-bond donors (Lipinski definition) is 2. The molecule has 1 fully saturated rings. The monoisotopic (exact) mass is 396 g/mol. The summed E-state index contributed by atoms with van der Waals surface area (Å²) in [6.45, 7) is 5.25. The molecule has 0 radical (unpaired) electrons. The van der Waals surface area contributed by atoms with Crippen molar-refractivity contribution in [2.45, 2.75) is 45.6 Å². The van der Waals surface area contributed by atoms with E-state index in [1.807, 2.05) is 32.0 Å². The van der Waals surface area contributed by atoms with Crippen molar-refractivity contribution in [3.8, 4) is 0 Å². The first-order valence-electron chi connectivity index (χ1n) is 10.5. The van der Waals surface area contributed by atoms with Crippen molar-refractivity contribution in [2.75, 3.05) is 26.2 Å². The van der Waals surface area contributed by atoms with Crippen molar-refractivity contribution >= 4 is 28.6 Å². The number of nitrogens with one attached hydrogen (secondary N) is 2. The predicted octanol–water partition coefficient (Wildman–Crippen LogP) is 1.86. The van der Waals surface area contributed by atoms with E-state index in [0.29, 0.717) is 31.7 Å². The number of aromatic nitrogens is 1. The number of carbonyl (C=O) groups excluding carboxylic acids is 3. The lowest BCUT2D eigenvalue weighted by Gasteiger charge is -2.34. The van der Waals surface area contributed by atoms with Crippen LogP contribution in [0.5, 0.6) is 0 Å². The van der Waals surface area contributed by atoms with Crippen LogP contribution in [0.25, 0.3) is 10.9 Å². The van der Waals surface area contributed by atoms with Crippen LogP contribution in [0.2, 0.25) is 0 Å². The van der Waals surface area contributed by atoms with Gasteiger partial charge in [-0.1, -0.05) is 0 Å². The maximum Gasteiger partial charge on any atom is 0.312 e. The fourth-order valence-corrected chi connectivity index (χ4v) is 4.30. The van der Waals surface area contributed by atoms with Gasteiger partial charge in [-0.05, 0) is 63.3 Å². The van der Waals surface area contributed by atoms with Crippen LogP contribution < -0.4 is 5.32 Å². The molecule has 0 saturated carbocycles. The van der Waals surface area contributed by atoms with Crippen LogP contribution >= 0.6 is 0 Å². The van der Waals surface area contributed by atoms with Crippen molar-refractivity contribution in [3.63, 3.8) is 0 Å². The average molecular weight is 396 g/mol. The molecule has 7 heteroatoms.